The highest BCUT2D eigenvalue weighted by Crippen LogP contribution is 2.51. The number of ether oxygens (including phenoxy) is 6. The molecule has 0 saturated heterocycles. The molecule has 8 nitrogen and oxygen atoms in total. The number of halogens is 13. The summed E-state index contributed by atoms with van der Waals surface area (Å²) >= 11 is 0. The quantitative estimate of drug-likeness (QED) is 0.0464. The number of oxazole rings is 1. The van der Waals surface area contributed by atoms with E-state index in [4.69, 9.17) is 32.8 Å². The molecule has 6 aromatic rings. The SMILES string of the molecule is CCCCCC/C=C1\C=C(C(F)(F)F)c2cc3ocnc3cc21.Fc1cc(F)cc(COCCCCCC/C=C2/C=C(C(F)(F)F)c3cc4c(cc32)OCO4)c1.Fc1cc(F)cc(COCCCCCC/C=C2\C=C(C(F)(F)F)c3cc4c(cc32)OCO4)c1. The lowest BCUT2D eigenvalue weighted by atomic mass is 10.0. The second-order valence-electron chi connectivity index (χ2n) is 21.8. The zero-order valence-corrected chi connectivity index (χ0v) is 48.5. The lowest BCUT2D eigenvalue weighted by Crippen LogP contribution is -2.09. The van der Waals surface area contributed by atoms with E-state index in [1.165, 1.54) is 67.1 Å². The van der Waals surface area contributed by atoms with Gasteiger partial charge in [-0.3, -0.25) is 0 Å². The van der Waals surface area contributed by atoms with Gasteiger partial charge in [-0.25, -0.2) is 22.5 Å². The van der Waals surface area contributed by atoms with E-state index >= 15 is 0 Å². The molecular weight excluding hydrogens is 1190 g/mol. The van der Waals surface area contributed by atoms with Crippen LogP contribution < -0.4 is 18.9 Å². The van der Waals surface area contributed by atoms with Gasteiger partial charge in [0.25, 0.3) is 0 Å². The first kappa shape index (κ1) is 65.7. The summed E-state index contributed by atoms with van der Waals surface area (Å²) in [6.07, 6.45) is 10.4. The van der Waals surface area contributed by atoms with Crippen LogP contribution in [0.25, 0.3) is 44.5 Å². The van der Waals surface area contributed by atoms with Gasteiger partial charge in [0, 0.05) is 25.3 Å². The largest absolute Gasteiger partial charge is 0.454 e. The second-order valence-corrected chi connectivity index (χ2v) is 21.8. The molecule has 0 N–H and O–H groups in total. The molecule has 0 fully saturated rings. The summed E-state index contributed by atoms with van der Waals surface area (Å²) in [6, 6.07) is 15.7. The molecule has 5 aromatic carbocycles. The van der Waals surface area contributed by atoms with E-state index in [1.54, 1.807) is 18.2 Å². The van der Waals surface area contributed by atoms with Crippen molar-refractivity contribution in [3.8, 4) is 23.0 Å². The molecule has 1 aromatic heterocycles. The van der Waals surface area contributed by atoms with Gasteiger partial charge in [-0.15, -0.1) is 0 Å². The van der Waals surface area contributed by atoms with Crippen LogP contribution in [-0.2, 0) is 22.7 Å². The number of hydrogen-bond donors (Lipinski definition) is 0. The van der Waals surface area contributed by atoms with Crippen LogP contribution in [0.4, 0.5) is 57.1 Å². The Morgan fingerprint density at radius 3 is 1.15 bits per heavy atom. The monoisotopic (exact) mass is 1250 g/mol. The molecule has 21 heteroatoms. The minimum absolute atomic E-state index is 0.00514. The van der Waals surface area contributed by atoms with Gasteiger partial charge in [-0.05, 0) is 191 Å². The normalized spacial score (nSPS) is 15.9. The molecule has 0 spiro atoms. The van der Waals surface area contributed by atoms with Crippen LogP contribution in [0.15, 0.2) is 120 Å². The molecule has 0 bridgehead atoms. The molecule has 0 radical (unpaired) electrons. The summed E-state index contributed by atoms with van der Waals surface area (Å²) in [5.41, 5.74) is 3.66. The number of hydrogen-bond acceptors (Lipinski definition) is 8. The van der Waals surface area contributed by atoms with Crippen molar-refractivity contribution in [2.24, 2.45) is 0 Å². The maximum absolute atomic E-state index is 13.5. The number of allylic oxidation sites excluding steroid dienone is 12. The Bertz CT molecular complexity index is 3450. The second kappa shape index (κ2) is 29.7. The number of rotatable bonds is 23. The maximum Gasteiger partial charge on any atom is 0.417 e. The molecule has 5 aliphatic rings. The van der Waals surface area contributed by atoms with Crippen LogP contribution in [0.1, 0.15) is 148 Å². The van der Waals surface area contributed by atoms with Crippen molar-refractivity contribution in [3.63, 3.8) is 0 Å². The Labute approximate surface area is 506 Å². The highest BCUT2D eigenvalue weighted by molar-refractivity contribution is 6.01. The predicted molar refractivity (Wildman–Crippen MR) is 312 cm³/mol. The van der Waals surface area contributed by atoms with Gasteiger partial charge in [0.1, 0.15) is 28.8 Å². The van der Waals surface area contributed by atoms with Gasteiger partial charge in [0.15, 0.2) is 35.0 Å². The van der Waals surface area contributed by atoms with Crippen molar-refractivity contribution < 1.29 is 89.9 Å². The van der Waals surface area contributed by atoms with Crippen molar-refractivity contribution in [2.45, 2.75) is 135 Å². The summed E-state index contributed by atoms with van der Waals surface area (Å²) in [7, 11) is 0. The third-order valence-corrected chi connectivity index (χ3v) is 15.1. The van der Waals surface area contributed by atoms with Crippen molar-refractivity contribution in [1.29, 1.82) is 0 Å². The van der Waals surface area contributed by atoms with Gasteiger partial charge in [-0.1, -0.05) is 70.1 Å². The van der Waals surface area contributed by atoms with E-state index in [9.17, 15) is 57.1 Å². The van der Waals surface area contributed by atoms with E-state index in [0.717, 1.165) is 95.6 Å². The lowest BCUT2D eigenvalue weighted by Gasteiger charge is -2.10. The molecule has 2 aliphatic heterocycles. The number of unbranched alkanes of at least 4 members (excludes halogenated alkanes) is 12. The average molecular weight is 1250 g/mol. The van der Waals surface area contributed by atoms with Gasteiger partial charge < -0.3 is 32.8 Å². The summed E-state index contributed by atoms with van der Waals surface area (Å²) in [4.78, 5) is 4.04. The third kappa shape index (κ3) is 17.6. The Morgan fingerprint density at radius 1 is 0.416 bits per heavy atom. The molecule has 474 valence electrons. The molecule has 3 heterocycles. The summed E-state index contributed by atoms with van der Waals surface area (Å²) in [5.74, 6) is -0.949. The standard InChI is InChI=1S/2C25H23F5O3.C18H18F3NO/c2*26-18-8-16(9-19(27)11-18)14-31-7-5-3-1-2-4-6-17-10-22(25(28,29)30)21-13-24-23(12-20(17)21)32-15-33-24;1-2-3-4-5-6-7-12-8-15(18(19,20)21)14-10-17-16(9-13(12)14)22-11-23-17/h2*6,8-13H,1-5,7,14-15H2;7-11H,2-6H2,1H3/b17-6+;17-6-;12-7+. The number of alkyl halides is 9. The van der Waals surface area contributed by atoms with Crippen LogP contribution in [0.2, 0.25) is 0 Å². The first-order valence-corrected chi connectivity index (χ1v) is 29.4. The molecule has 0 amide bonds. The molecule has 11 rings (SSSR count). The molecule has 0 saturated carbocycles. The first-order chi connectivity index (χ1) is 42.6. The van der Waals surface area contributed by atoms with Gasteiger partial charge >= 0.3 is 18.5 Å². The van der Waals surface area contributed by atoms with Crippen LogP contribution in [0.5, 0.6) is 23.0 Å². The van der Waals surface area contributed by atoms with Gasteiger partial charge in [-0.2, -0.15) is 39.5 Å². The zero-order valence-electron chi connectivity index (χ0n) is 48.5. The van der Waals surface area contributed by atoms with Crippen LogP contribution in [0.3, 0.4) is 0 Å². The number of benzene rings is 5. The number of fused-ring (bicyclic) bond motifs is 6. The molecule has 0 unspecified atom stereocenters. The highest BCUT2D eigenvalue weighted by atomic mass is 19.4. The predicted octanol–water partition coefficient (Wildman–Crippen LogP) is 20.5. The minimum atomic E-state index is -4.45. The van der Waals surface area contributed by atoms with E-state index < -0.39 is 58.5 Å². The van der Waals surface area contributed by atoms with E-state index in [0.29, 0.717) is 105 Å². The van der Waals surface area contributed by atoms with Crippen LogP contribution in [-0.4, -0.2) is 50.3 Å². The molecule has 3 aliphatic carbocycles. The molecule has 89 heavy (non-hydrogen) atoms. The van der Waals surface area contributed by atoms with Crippen molar-refractivity contribution in [1.82, 2.24) is 4.98 Å². The van der Waals surface area contributed by atoms with E-state index in [1.807, 2.05) is 18.2 Å². The number of nitrogens with zero attached hydrogens (tertiary/aromatic N) is 1. The average Bonchev–Trinajstić information content (AvgIpc) is 1.81. The van der Waals surface area contributed by atoms with Crippen molar-refractivity contribution in [3.05, 3.63) is 183 Å². The van der Waals surface area contributed by atoms with Gasteiger partial charge in [0.05, 0.1) is 29.9 Å². The van der Waals surface area contributed by atoms with Crippen molar-refractivity contribution in [2.75, 3.05) is 26.8 Å². The fraction of sp³-hybridized carbons (Fsp3) is 0.368. The Hall–Kier alpha value is -7.78. The van der Waals surface area contributed by atoms with Crippen LogP contribution in [0, 0.1) is 23.3 Å². The van der Waals surface area contributed by atoms with Crippen LogP contribution >= 0.6 is 0 Å². The maximum atomic E-state index is 13.5. The smallest absolute Gasteiger partial charge is 0.417 e. The fourth-order valence-electron chi connectivity index (χ4n) is 10.8. The Kier molecular flexibility index (Phi) is 21.9. The topological polar surface area (TPSA) is 81.4 Å². The van der Waals surface area contributed by atoms with Gasteiger partial charge in [0.2, 0.25) is 13.6 Å². The first-order valence-electron chi connectivity index (χ1n) is 29.4. The zero-order chi connectivity index (χ0) is 63.3. The van der Waals surface area contributed by atoms with Crippen molar-refractivity contribution >= 4 is 44.5 Å². The minimum Gasteiger partial charge on any atom is -0.454 e. The highest BCUT2D eigenvalue weighted by Gasteiger charge is 2.42. The molecular formula is C68H64F13NO7. The van der Waals surface area contributed by atoms with E-state index in [-0.39, 0.29) is 43.5 Å². The van der Waals surface area contributed by atoms with E-state index in [2.05, 4.69) is 11.9 Å². The summed E-state index contributed by atoms with van der Waals surface area (Å²) in [5, 5.41) is 0. The molecule has 0 atom stereocenters. The summed E-state index contributed by atoms with van der Waals surface area (Å²) < 4.78 is 210. The third-order valence-electron chi connectivity index (χ3n) is 15.1. The lowest BCUT2D eigenvalue weighted by molar-refractivity contribution is -0.0696. The summed E-state index contributed by atoms with van der Waals surface area (Å²) in [6.45, 7) is 3.37. The Morgan fingerprint density at radius 2 is 0.764 bits per heavy atom. The Balaban J connectivity index is 0.000000161. The number of aromatic nitrogens is 1. The fourth-order valence-corrected chi connectivity index (χ4v) is 10.8.